The van der Waals surface area contributed by atoms with Crippen LogP contribution in [-0.4, -0.2) is 5.78 Å². The van der Waals surface area contributed by atoms with Crippen LogP contribution in [0.2, 0.25) is 0 Å². The fourth-order valence-corrected chi connectivity index (χ4v) is 2.21. The molecule has 0 bridgehead atoms. The summed E-state index contributed by atoms with van der Waals surface area (Å²) in [4.78, 5) is 12.0. The number of ketones is 1. The molecular formula is C12H8Br2O2. The lowest BCUT2D eigenvalue weighted by atomic mass is 10.1. The molecule has 1 aromatic heterocycles. The summed E-state index contributed by atoms with van der Waals surface area (Å²) in [5.41, 5.74) is 0.658. The van der Waals surface area contributed by atoms with E-state index in [1.54, 1.807) is 24.5 Å². The predicted octanol–water partition coefficient (Wildman–Crippen LogP) is 4.23. The standard InChI is InChI=1S/C12H8Br2O2/c13-8-3-4-11(14)10(6-8)12(15)7-9-2-1-5-16-9/h1-6H,7H2. The molecule has 1 heterocycles. The van der Waals surface area contributed by atoms with E-state index in [-0.39, 0.29) is 12.2 Å². The van der Waals surface area contributed by atoms with Crippen molar-refractivity contribution in [2.24, 2.45) is 0 Å². The van der Waals surface area contributed by atoms with Crippen LogP contribution in [-0.2, 0) is 6.42 Å². The Balaban J connectivity index is 2.24. The Morgan fingerprint density at radius 1 is 1.25 bits per heavy atom. The first-order chi connectivity index (χ1) is 7.66. The number of rotatable bonds is 3. The molecule has 1 aromatic carbocycles. The average molecular weight is 344 g/mol. The molecule has 0 aliphatic carbocycles. The highest BCUT2D eigenvalue weighted by Crippen LogP contribution is 2.23. The van der Waals surface area contributed by atoms with Gasteiger partial charge in [-0.2, -0.15) is 0 Å². The molecule has 0 fully saturated rings. The zero-order valence-corrected chi connectivity index (χ0v) is 11.4. The molecule has 0 saturated carbocycles. The topological polar surface area (TPSA) is 30.2 Å². The van der Waals surface area contributed by atoms with Crippen molar-refractivity contribution in [3.63, 3.8) is 0 Å². The Morgan fingerprint density at radius 2 is 2.06 bits per heavy atom. The Hall–Kier alpha value is -0.870. The fourth-order valence-electron chi connectivity index (χ4n) is 1.38. The summed E-state index contributed by atoms with van der Waals surface area (Å²) in [5, 5.41) is 0. The van der Waals surface area contributed by atoms with Gasteiger partial charge in [-0.25, -0.2) is 0 Å². The number of hydrogen-bond acceptors (Lipinski definition) is 2. The number of hydrogen-bond donors (Lipinski definition) is 0. The Bertz CT molecular complexity index is 504. The molecule has 16 heavy (non-hydrogen) atoms. The van der Waals surface area contributed by atoms with Gasteiger partial charge in [-0.3, -0.25) is 4.79 Å². The summed E-state index contributed by atoms with van der Waals surface area (Å²) in [5.74, 6) is 0.708. The van der Waals surface area contributed by atoms with Gasteiger partial charge in [0.15, 0.2) is 5.78 Å². The Morgan fingerprint density at radius 3 is 2.75 bits per heavy atom. The van der Waals surface area contributed by atoms with Crippen LogP contribution in [0.4, 0.5) is 0 Å². The fraction of sp³-hybridized carbons (Fsp3) is 0.0833. The second-order valence-electron chi connectivity index (χ2n) is 3.30. The minimum absolute atomic E-state index is 0.0307. The lowest BCUT2D eigenvalue weighted by Crippen LogP contribution is -2.03. The van der Waals surface area contributed by atoms with E-state index in [4.69, 9.17) is 4.42 Å². The minimum Gasteiger partial charge on any atom is -0.469 e. The van der Waals surface area contributed by atoms with Crippen molar-refractivity contribution in [1.82, 2.24) is 0 Å². The van der Waals surface area contributed by atoms with Gasteiger partial charge in [-0.15, -0.1) is 0 Å². The SMILES string of the molecule is O=C(Cc1ccco1)c1cc(Br)ccc1Br. The Labute approximate surface area is 110 Å². The third kappa shape index (κ3) is 2.62. The molecule has 0 spiro atoms. The number of halogens is 2. The highest BCUT2D eigenvalue weighted by molar-refractivity contribution is 9.11. The van der Waals surface area contributed by atoms with Gasteiger partial charge in [-0.05, 0) is 30.3 Å². The van der Waals surface area contributed by atoms with Gasteiger partial charge in [0, 0.05) is 14.5 Å². The smallest absolute Gasteiger partial charge is 0.171 e. The first-order valence-electron chi connectivity index (χ1n) is 4.67. The zero-order chi connectivity index (χ0) is 11.5. The van der Waals surface area contributed by atoms with Gasteiger partial charge < -0.3 is 4.42 Å². The van der Waals surface area contributed by atoms with E-state index < -0.39 is 0 Å². The maximum atomic E-state index is 12.0. The first-order valence-corrected chi connectivity index (χ1v) is 6.26. The zero-order valence-electron chi connectivity index (χ0n) is 8.24. The summed E-state index contributed by atoms with van der Waals surface area (Å²) in [6.07, 6.45) is 1.85. The molecule has 0 atom stereocenters. The highest BCUT2D eigenvalue weighted by Gasteiger charge is 2.12. The van der Waals surface area contributed by atoms with Crippen LogP contribution in [0.1, 0.15) is 16.1 Å². The maximum Gasteiger partial charge on any atom is 0.171 e. The number of carbonyl (C=O) groups is 1. The van der Waals surface area contributed by atoms with Gasteiger partial charge >= 0.3 is 0 Å². The molecule has 4 heteroatoms. The number of carbonyl (C=O) groups excluding carboxylic acids is 1. The first kappa shape index (κ1) is 11.6. The number of furan rings is 1. The lowest BCUT2D eigenvalue weighted by molar-refractivity contribution is 0.0986. The van der Waals surface area contributed by atoms with Crippen LogP contribution in [0.25, 0.3) is 0 Å². The second-order valence-corrected chi connectivity index (χ2v) is 5.07. The third-order valence-corrected chi connectivity index (χ3v) is 3.33. The summed E-state index contributed by atoms with van der Waals surface area (Å²) in [6, 6.07) is 9.10. The molecule has 0 aliphatic rings. The van der Waals surface area contributed by atoms with Gasteiger partial charge in [0.2, 0.25) is 0 Å². The van der Waals surface area contributed by atoms with Crippen LogP contribution in [0.15, 0.2) is 50.0 Å². The summed E-state index contributed by atoms with van der Waals surface area (Å²) >= 11 is 6.71. The van der Waals surface area contributed by atoms with Crippen LogP contribution in [0.5, 0.6) is 0 Å². The quantitative estimate of drug-likeness (QED) is 0.780. The molecule has 2 aromatic rings. The van der Waals surface area contributed by atoms with E-state index in [9.17, 15) is 4.79 Å². The van der Waals surface area contributed by atoms with Gasteiger partial charge in [-0.1, -0.05) is 31.9 Å². The monoisotopic (exact) mass is 342 g/mol. The molecule has 0 amide bonds. The average Bonchev–Trinajstić information content (AvgIpc) is 2.74. The van der Waals surface area contributed by atoms with Crippen LogP contribution >= 0.6 is 31.9 Å². The van der Waals surface area contributed by atoms with E-state index >= 15 is 0 Å². The highest BCUT2D eigenvalue weighted by atomic mass is 79.9. The van der Waals surface area contributed by atoms with Crippen molar-refractivity contribution in [3.8, 4) is 0 Å². The van der Waals surface area contributed by atoms with E-state index in [1.165, 1.54) is 0 Å². The summed E-state index contributed by atoms with van der Waals surface area (Å²) < 4.78 is 6.83. The van der Waals surface area contributed by atoms with Crippen molar-refractivity contribution >= 4 is 37.6 Å². The van der Waals surface area contributed by atoms with Crippen molar-refractivity contribution in [3.05, 3.63) is 56.9 Å². The van der Waals surface area contributed by atoms with Crippen molar-refractivity contribution in [2.75, 3.05) is 0 Å². The van der Waals surface area contributed by atoms with Crippen molar-refractivity contribution < 1.29 is 9.21 Å². The van der Waals surface area contributed by atoms with Crippen molar-refractivity contribution in [2.45, 2.75) is 6.42 Å². The minimum atomic E-state index is 0.0307. The van der Waals surface area contributed by atoms with Crippen molar-refractivity contribution in [1.29, 1.82) is 0 Å². The Kier molecular flexibility index (Phi) is 3.61. The molecule has 2 nitrogen and oxygen atoms in total. The predicted molar refractivity (Wildman–Crippen MR) is 68.6 cm³/mol. The van der Waals surface area contributed by atoms with Crippen LogP contribution in [0, 0.1) is 0 Å². The molecule has 82 valence electrons. The normalized spacial score (nSPS) is 10.4. The number of benzene rings is 1. The molecular weight excluding hydrogens is 336 g/mol. The molecule has 0 radical (unpaired) electrons. The third-order valence-electron chi connectivity index (χ3n) is 2.14. The maximum absolute atomic E-state index is 12.0. The summed E-state index contributed by atoms with van der Waals surface area (Å²) in [6.45, 7) is 0. The largest absolute Gasteiger partial charge is 0.469 e. The molecule has 2 rings (SSSR count). The molecule has 0 unspecified atom stereocenters. The van der Waals surface area contributed by atoms with Crippen LogP contribution < -0.4 is 0 Å². The molecule has 0 saturated heterocycles. The second kappa shape index (κ2) is 4.97. The van der Waals surface area contributed by atoms with E-state index in [2.05, 4.69) is 31.9 Å². The van der Waals surface area contributed by atoms with E-state index in [0.717, 1.165) is 8.95 Å². The van der Waals surface area contributed by atoms with Gasteiger partial charge in [0.25, 0.3) is 0 Å². The van der Waals surface area contributed by atoms with E-state index in [1.807, 2.05) is 12.1 Å². The van der Waals surface area contributed by atoms with Crippen LogP contribution in [0.3, 0.4) is 0 Å². The van der Waals surface area contributed by atoms with Gasteiger partial charge in [0.1, 0.15) is 5.76 Å². The number of Topliss-reactive ketones (excluding diaryl/α,β-unsaturated/α-hetero) is 1. The van der Waals surface area contributed by atoms with Gasteiger partial charge in [0.05, 0.1) is 12.7 Å². The molecule has 0 aliphatic heterocycles. The lowest BCUT2D eigenvalue weighted by Gasteiger charge is -2.03. The summed E-state index contributed by atoms with van der Waals surface area (Å²) in [7, 11) is 0. The molecule has 0 N–H and O–H groups in total. The van der Waals surface area contributed by atoms with E-state index in [0.29, 0.717) is 11.3 Å².